The fourth-order valence-corrected chi connectivity index (χ4v) is 3.33. The summed E-state index contributed by atoms with van der Waals surface area (Å²) in [5.41, 5.74) is 2.89. The Morgan fingerprint density at radius 1 is 1.32 bits per heavy atom. The number of hydrogen-bond acceptors (Lipinski definition) is 6. The van der Waals surface area contributed by atoms with Gasteiger partial charge in [0.25, 0.3) is 5.91 Å². The molecular formula is C17H18N6O2. The number of aromatic nitrogens is 5. The van der Waals surface area contributed by atoms with Gasteiger partial charge in [-0.3, -0.25) is 9.89 Å². The lowest BCUT2D eigenvalue weighted by atomic mass is 10.1. The second kappa shape index (κ2) is 6.12. The zero-order chi connectivity index (χ0) is 17.4. The van der Waals surface area contributed by atoms with Crippen LogP contribution in [0.1, 0.15) is 46.5 Å². The van der Waals surface area contributed by atoms with E-state index in [0.29, 0.717) is 23.8 Å². The summed E-state index contributed by atoms with van der Waals surface area (Å²) in [4.78, 5) is 23.6. The molecule has 1 saturated heterocycles. The summed E-state index contributed by atoms with van der Waals surface area (Å²) in [5.74, 6) is 1.21. The topological polar surface area (TPSA) is 101 Å². The van der Waals surface area contributed by atoms with Crippen LogP contribution in [-0.2, 0) is 0 Å². The van der Waals surface area contributed by atoms with Crippen molar-refractivity contribution in [3.63, 3.8) is 0 Å². The first-order chi connectivity index (χ1) is 12.1. The highest BCUT2D eigenvalue weighted by Gasteiger charge is 2.32. The third kappa shape index (κ3) is 2.69. The number of carbonyl (C=O) groups excluding carboxylic acids is 1. The molecule has 0 unspecified atom stereocenters. The lowest BCUT2D eigenvalue weighted by Gasteiger charge is -2.23. The monoisotopic (exact) mass is 338 g/mol. The summed E-state index contributed by atoms with van der Waals surface area (Å²) in [6.45, 7) is 4.41. The van der Waals surface area contributed by atoms with Gasteiger partial charge >= 0.3 is 0 Å². The number of aryl methyl sites for hydroxylation is 2. The van der Waals surface area contributed by atoms with E-state index in [2.05, 4.69) is 20.3 Å². The summed E-state index contributed by atoms with van der Waals surface area (Å²) in [6.07, 6.45) is 5.12. The van der Waals surface area contributed by atoms with Crippen LogP contribution >= 0.6 is 0 Å². The van der Waals surface area contributed by atoms with Gasteiger partial charge in [0, 0.05) is 18.9 Å². The van der Waals surface area contributed by atoms with Gasteiger partial charge in [-0.05, 0) is 38.8 Å². The number of nitrogens with one attached hydrogen (secondary N) is 1. The van der Waals surface area contributed by atoms with Crippen molar-refractivity contribution < 1.29 is 9.32 Å². The Labute approximate surface area is 144 Å². The molecule has 1 aliphatic heterocycles. The zero-order valence-electron chi connectivity index (χ0n) is 14.1. The molecular weight excluding hydrogens is 320 g/mol. The Morgan fingerprint density at radius 3 is 2.92 bits per heavy atom. The lowest BCUT2D eigenvalue weighted by molar-refractivity contribution is 0.0727. The van der Waals surface area contributed by atoms with E-state index in [-0.39, 0.29) is 11.9 Å². The molecule has 8 nitrogen and oxygen atoms in total. The first-order valence-corrected chi connectivity index (χ1v) is 8.21. The van der Waals surface area contributed by atoms with Crippen LogP contribution in [0.3, 0.4) is 0 Å². The summed E-state index contributed by atoms with van der Waals surface area (Å²) < 4.78 is 5.22. The smallest absolute Gasteiger partial charge is 0.272 e. The maximum Gasteiger partial charge on any atom is 0.272 e. The number of hydrogen-bond donors (Lipinski definition) is 1. The molecule has 1 atom stereocenters. The predicted molar refractivity (Wildman–Crippen MR) is 88.6 cm³/mol. The van der Waals surface area contributed by atoms with Crippen molar-refractivity contribution in [3.8, 4) is 11.4 Å². The minimum Gasteiger partial charge on any atom is -0.361 e. The molecule has 4 heterocycles. The fraction of sp³-hybridized carbons (Fsp3) is 0.353. The van der Waals surface area contributed by atoms with E-state index >= 15 is 0 Å². The molecule has 25 heavy (non-hydrogen) atoms. The Morgan fingerprint density at radius 2 is 2.20 bits per heavy atom. The predicted octanol–water partition coefficient (Wildman–Crippen LogP) is 2.45. The Hall–Kier alpha value is -3.03. The van der Waals surface area contributed by atoms with Gasteiger partial charge in [-0.2, -0.15) is 5.10 Å². The van der Waals surface area contributed by atoms with Gasteiger partial charge in [0.15, 0.2) is 5.82 Å². The number of amides is 1. The van der Waals surface area contributed by atoms with E-state index in [9.17, 15) is 4.79 Å². The van der Waals surface area contributed by atoms with Crippen molar-refractivity contribution in [1.29, 1.82) is 0 Å². The van der Waals surface area contributed by atoms with E-state index < -0.39 is 0 Å². The lowest BCUT2D eigenvalue weighted by Crippen LogP contribution is -2.31. The maximum absolute atomic E-state index is 12.7. The van der Waals surface area contributed by atoms with Gasteiger partial charge in [-0.25, -0.2) is 9.97 Å². The van der Waals surface area contributed by atoms with Crippen LogP contribution in [0.25, 0.3) is 11.4 Å². The summed E-state index contributed by atoms with van der Waals surface area (Å²) in [7, 11) is 0. The molecule has 0 radical (unpaired) electrons. The minimum absolute atomic E-state index is 0.0579. The van der Waals surface area contributed by atoms with Gasteiger partial charge in [-0.15, -0.1) is 0 Å². The zero-order valence-corrected chi connectivity index (χ0v) is 14.1. The van der Waals surface area contributed by atoms with Gasteiger partial charge in [0.2, 0.25) is 0 Å². The number of nitrogens with zero attached hydrogens (tertiary/aromatic N) is 5. The molecule has 1 N–H and O–H groups in total. The summed E-state index contributed by atoms with van der Waals surface area (Å²) in [5, 5.41) is 10.6. The first-order valence-electron chi connectivity index (χ1n) is 8.21. The average molecular weight is 338 g/mol. The highest BCUT2D eigenvalue weighted by atomic mass is 16.5. The van der Waals surface area contributed by atoms with Gasteiger partial charge in [0.1, 0.15) is 11.5 Å². The van der Waals surface area contributed by atoms with Crippen molar-refractivity contribution >= 4 is 5.91 Å². The van der Waals surface area contributed by atoms with E-state index in [1.165, 1.54) is 0 Å². The molecule has 1 fully saturated rings. The van der Waals surface area contributed by atoms with Gasteiger partial charge in [0.05, 0.1) is 23.0 Å². The highest BCUT2D eigenvalue weighted by Crippen LogP contribution is 2.33. The quantitative estimate of drug-likeness (QED) is 0.787. The first kappa shape index (κ1) is 15.5. The molecule has 8 heteroatoms. The second-order valence-electron chi connectivity index (χ2n) is 6.13. The van der Waals surface area contributed by atoms with Crippen LogP contribution in [0, 0.1) is 13.8 Å². The van der Waals surface area contributed by atoms with Gasteiger partial charge < -0.3 is 9.42 Å². The molecule has 4 rings (SSSR count). The van der Waals surface area contributed by atoms with E-state index in [4.69, 9.17) is 9.51 Å². The fourth-order valence-electron chi connectivity index (χ4n) is 3.33. The number of aromatic amines is 1. The van der Waals surface area contributed by atoms with E-state index in [1.54, 1.807) is 18.5 Å². The normalized spacial score (nSPS) is 17.2. The number of carbonyl (C=O) groups is 1. The van der Waals surface area contributed by atoms with Gasteiger partial charge in [-0.1, -0.05) is 5.16 Å². The summed E-state index contributed by atoms with van der Waals surface area (Å²) in [6, 6.07) is 3.48. The van der Waals surface area contributed by atoms with Crippen LogP contribution in [0.2, 0.25) is 0 Å². The SMILES string of the molecule is Cc1noc(C)c1-c1nccc([C@H]2CCCN2C(=O)c2ccn[nH]2)n1. The largest absolute Gasteiger partial charge is 0.361 e. The van der Waals surface area contributed by atoms with Crippen molar-refractivity contribution in [2.45, 2.75) is 32.7 Å². The molecule has 0 spiro atoms. The van der Waals surface area contributed by atoms with Crippen molar-refractivity contribution in [3.05, 3.63) is 47.4 Å². The molecule has 128 valence electrons. The molecule has 0 saturated carbocycles. The van der Waals surface area contributed by atoms with Crippen LogP contribution in [-0.4, -0.2) is 42.7 Å². The molecule has 3 aromatic rings. The molecule has 0 bridgehead atoms. The maximum atomic E-state index is 12.7. The van der Waals surface area contributed by atoms with Crippen LogP contribution in [0.4, 0.5) is 0 Å². The highest BCUT2D eigenvalue weighted by molar-refractivity contribution is 5.92. The number of rotatable bonds is 3. The molecule has 1 aliphatic rings. The third-order valence-electron chi connectivity index (χ3n) is 4.52. The number of likely N-dealkylation sites (tertiary alicyclic amines) is 1. The van der Waals surface area contributed by atoms with Crippen molar-refractivity contribution in [1.82, 2.24) is 30.2 Å². The number of H-pyrrole nitrogens is 1. The third-order valence-corrected chi connectivity index (χ3v) is 4.52. The molecule has 0 aromatic carbocycles. The van der Waals surface area contributed by atoms with E-state index in [0.717, 1.165) is 29.8 Å². The molecule has 1 amide bonds. The summed E-state index contributed by atoms with van der Waals surface area (Å²) >= 11 is 0. The molecule has 3 aromatic heterocycles. The average Bonchev–Trinajstić information content (AvgIpc) is 3.36. The van der Waals surface area contributed by atoms with E-state index in [1.807, 2.05) is 24.8 Å². The molecule has 0 aliphatic carbocycles. The van der Waals surface area contributed by atoms with Crippen LogP contribution in [0.5, 0.6) is 0 Å². The second-order valence-corrected chi connectivity index (χ2v) is 6.13. The van der Waals surface area contributed by atoms with Crippen LogP contribution < -0.4 is 0 Å². The van der Waals surface area contributed by atoms with Crippen molar-refractivity contribution in [2.24, 2.45) is 0 Å². The Kier molecular flexibility index (Phi) is 3.79. The Bertz CT molecular complexity index is 882. The standard InChI is InChI=1S/C17H18N6O2/c1-10-15(11(2)25-22-10)16-18-7-5-12(20-16)14-4-3-9-23(14)17(24)13-6-8-19-21-13/h5-8,14H,3-4,9H2,1-2H3,(H,19,21)/t14-/m1/s1. The Balaban J connectivity index is 1.67. The van der Waals surface area contributed by atoms with Crippen molar-refractivity contribution in [2.75, 3.05) is 6.54 Å². The van der Waals surface area contributed by atoms with Crippen LogP contribution in [0.15, 0.2) is 29.0 Å². The minimum atomic E-state index is -0.0713.